The van der Waals surface area contributed by atoms with Crippen molar-refractivity contribution in [2.24, 2.45) is 34.0 Å². The minimum atomic E-state index is -1.04. The number of fused-ring (bicyclic) bond motifs is 3. The molecule has 1 heterocycles. The molecule has 0 N–H and O–H groups in total. The van der Waals surface area contributed by atoms with Gasteiger partial charge in [-0.2, -0.15) is 0 Å². The highest BCUT2D eigenvalue weighted by molar-refractivity contribution is 5.83. The monoisotopic (exact) mass is 546 g/mol. The van der Waals surface area contributed by atoms with Crippen LogP contribution in [-0.2, 0) is 42.9 Å². The molecule has 1 aliphatic heterocycles. The van der Waals surface area contributed by atoms with Crippen molar-refractivity contribution in [1.29, 1.82) is 0 Å². The van der Waals surface area contributed by atoms with Crippen molar-refractivity contribution in [3.8, 4) is 0 Å². The van der Waals surface area contributed by atoms with Gasteiger partial charge in [0.2, 0.25) is 0 Å². The molecule has 0 aromatic carbocycles. The molecule has 0 aromatic heterocycles. The van der Waals surface area contributed by atoms with Crippen LogP contribution >= 0.6 is 0 Å². The first kappa shape index (κ1) is 28.1. The lowest BCUT2D eigenvalue weighted by Gasteiger charge is -2.67. The van der Waals surface area contributed by atoms with Crippen LogP contribution in [0.3, 0.4) is 0 Å². The molecule has 39 heavy (non-hydrogen) atoms. The molecule has 0 amide bonds. The van der Waals surface area contributed by atoms with Gasteiger partial charge in [-0.15, -0.1) is 0 Å². The van der Waals surface area contributed by atoms with E-state index in [1.54, 1.807) is 6.92 Å². The number of carbonyl (C=O) groups excluding carboxylic acids is 4. The van der Waals surface area contributed by atoms with Crippen LogP contribution in [0.5, 0.6) is 0 Å². The highest BCUT2D eigenvalue weighted by Gasteiger charge is 2.76. The first-order chi connectivity index (χ1) is 18.2. The van der Waals surface area contributed by atoms with Gasteiger partial charge in [0.25, 0.3) is 0 Å². The van der Waals surface area contributed by atoms with Gasteiger partial charge < -0.3 is 23.7 Å². The first-order valence-corrected chi connectivity index (χ1v) is 14.2. The van der Waals surface area contributed by atoms with Crippen molar-refractivity contribution < 1.29 is 42.9 Å². The van der Waals surface area contributed by atoms with Crippen molar-refractivity contribution in [2.75, 3.05) is 7.11 Å². The molecule has 5 rings (SSSR count). The SMILES string of the molecule is C=C1[C@@H]2CC[C@H]3[C@@]4(C)C(C[C@H](OC(=O)[C@]5(C)O[C@@H]5C)[C@]3(C2)[C@@H]1OC(C)=O)[C@](C)(C(=O)OC)CC[C@H]4OC(C)=O. The van der Waals surface area contributed by atoms with E-state index in [1.807, 2.05) is 13.8 Å². The summed E-state index contributed by atoms with van der Waals surface area (Å²) in [4.78, 5) is 51.7. The van der Waals surface area contributed by atoms with Crippen LogP contribution in [0.25, 0.3) is 0 Å². The van der Waals surface area contributed by atoms with Crippen LogP contribution in [0.2, 0.25) is 0 Å². The summed E-state index contributed by atoms with van der Waals surface area (Å²) in [7, 11) is 1.39. The number of esters is 4. The fraction of sp³-hybridized carbons (Fsp3) is 0.800. The molecule has 1 unspecified atom stereocenters. The Morgan fingerprint density at radius 1 is 0.897 bits per heavy atom. The summed E-state index contributed by atoms with van der Waals surface area (Å²) in [5, 5.41) is 0. The smallest absolute Gasteiger partial charge is 0.341 e. The molecule has 1 saturated heterocycles. The summed E-state index contributed by atoms with van der Waals surface area (Å²) in [6, 6.07) is 0. The summed E-state index contributed by atoms with van der Waals surface area (Å²) in [6.45, 7) is 14.7. The Kier molecular flexibility index (Phi) is 6.52. The molecule has 1 spiro atoms. The molecule has 9 nitrogen and oxygen atoms in total. The third kappa shape index (κ3) is 3.81. The maximum atomic E-state index is 13.5. The average molecular weight is 547 g/mol. The number of rotatable bonds is 5. The Balaban J connectivity index is 1.68. The fourth-order valence-electron chi connectivity index (χ4n) is 9.30. The maximum absolute atomic E-state index is 13.5. The molecule has 2 bridgehead atoms. The average Bonchev–Trinajstić information content (AvgIpc) is 3.45. The number of ether oxygens (including phenoxy) is 5. The van der Waals surface area contributed by atoms with Crippen LogP contribution in [0.1, 0.15) is 80.1 Å². The zero-order valence-electron chi connectivity index (χ0n) is 24.2. The molecular weight excluding hydrogens is 504 g/mol. The Hall–Kier alpha value is -2.42. The summed E-state index contributed by atoms with van der Waals surface area (Å²) in [5.41, 5.74) is -2.52. The molecule has 0 aromatic rings. The number of methoxy groups -OCH3 is 1. The van der Waals surface area contributed by atoms with Crippen LogP contribution in [0.4, 0.5) is 0 Å². The molecule has 4 saturated carbocycles. The van der Waals surface area contributed by atoms with E-state index in [0.29, 0.717) is 25.7 Å². The molecule has 11 atom stereocenters. The predicted octanol–water partition coefficient (Wildman–Crippen LogP) is 3.91. The van der Waals surface area contributed by atoms with E-state index in [-0.39, 0.29) is 35.8 Å². The Labute approximate surface area is 230 Å². The van der Waals surface area contributed by atoms with Gasteiger partial charge in [0.05, 0.1) is 24.0 Å². The Morgan fingerprint density at radius 2 is 1.54 bits per heavy atom. The largest absolute Gasteiger partial charge is 0.469 e. The van der Waals surface area contributed by atoms with Gasteiger partial charge in [0.1, 0.15) is 18.3 Å². The first-order valence-electron chi connectivity index (χ1n) is 14.2. The van der Waals surface area contributed by atoms with Gasteiger partial charge in [-0.25, -0.2) is 4.79 Å². The van der Waals surface area contributed by atoms with E-state index >= 15 is 0 Å². The highest BCUT2D eigenvalue weighted by atomic mass is 16.7. The Morgan fingerprint density at radius 3 is 2.10 bits per heavy atom. The molecule has 5 fully saturated rings. The predicted molar refractivity (Wildman–Crippen MR) is 138 cm³/mol. The van der Waals surface area contributed by atoms with Gasteiger partial charge in [0, 0.05) is 19.3 Å². The third-order valence-corrected chi connectivity index (χ3v) is 11.4. The van der Waals surface area contributed by atoms with Gasteiger partial charge >= 0.3 is 23.9 Å². The normalized spacial score (nSPS) is 47.8. The summed E-state index contributed by atoms with van der Waals surface area (Å²) < 4.78 is 29.4. The van der Waals surface area contributed by atoms with Gasteiger partial charge in [0.15, 0.2) is 5.60 Å². The minimum absolute atomic E-state index is 0.112. The van der Waals surface area contributed by atoms with Crippen molar-refractivity contribution in [3.05, 3.63) is 12.2 Å². The van der Waals surface area contributed by atoms with Gasteiger partial charge in [-0.05, 0) is 82.6 Å². The Bertz CT molecular complexity index is 1120. The highest BCUT2D eigenvalue weighted by Crippen LogP contribution is 2.73. The maximum Gasteiger partial charge on any atom is 0.341 e. The van der Waals surface area contributed by atoms with Crippen LogP contribution < -0.4 is 0 Å². The third-order valence-electron chi connectivity index (χ3n) is 11.4. The van der Waals surface area contributed by atoms with Crippen molar-refractivity contribution in [1.82, 2.24) is 0 Å². The van der Waals surface area contributed by atoms with E-state index in [2.05, 4.69) is 13.5 Å². The molecule has 5 aliphatic rings. The quantitative estimate of drug-likeness (QED) is 0.219. The van der Waals surface area contributed by atoms with Crippen molar-refractivity contribution >= 4 is 23.9 Å². The van der Waals surface area contributed by atoms with Crippen molar-refractivity contribution in [3.63, 3.8) is 0 Å². The van der Waals surface area contributed by atoms with Crippen LogP contribution in [0, 0.1) is 34.0 Å². The second-order valence-electron chi connectivity index (χ2n) is 13.2. The molecule has 4 aliphatic carbocycles. The van der Waals surface area contributed by atoms with E-state index in [0.717, 1.165) is 18.4 Å². The number of hydrogen-bond acceptors (Lipinski definition) is 9. The fourth-order valence-corrected chi connectivity index (χ4v) is 9.30. The van der Waals surface area contributed by atoms with Crippen LogP contribution in [-0.4, -0.2) is 61.0 Å². The number of carbonyl (C=O) groups is 4. The minimum Gasteiger partial charge on any atom is -0.469 e. The van der Waals surface area contributed by atoms with E-state index < -0.39 is 52.1 Å². The van der Waals surface area contributed by atoms with Gasteiger partial charge in [-0.3, -0.25) is 14.4 Å². The van der Waals surface area contributed by atoms with E-state index in [9.17, 15) is 19.2 Å². The second kappa shape index (κ2) is 9.05. The second-order valence-corrected chi connectivity index (χ2v) is 13.2. The lowest BCUT2D eigenvalue weighted by molar-refractivity contribution is -0.264. The summed E-state index contributed by atoms with van der Waals surface area (Å²) >= 11 is 0. The number of hydrogen-bond donors (Lipinski definition) is 0. The zero-order valence-corrected chi connectivity index (χ0v) is 24.2. The lowest BCUT2D eigenvalue weighted by atomic mass is 9.39. The van der Waals surface area contributed by atoms with Crippen molar-refractivity contribution in [2.45, 2.75) is 110 Å². The summed E-state index contributed by atoms with van der Waals surface area (Å²) in [6.07, 6.45) is 1.48. The van der Waals surface area contributed by atoms with E-state index in [1.165, 1.54) is 21.0 Å². The topological polar surface area (TPSA) is 118 Å². The molecule has 0 radical (unpaired) electrons. The number of epoxide rings is 1. The van der Waals surface area contributed by atoms with Gasteiger partial charge in [-0.1, -0.05) is 13.5 Å². The van der Waals surface area contributed by atoms with E-state index in [4.69, 9.17) is 23.7 Å². The summed E-state index contributed by atoms with van der Waals surface area (Å²) in [5.74, 6) is -1.97. The lowest BCUT2D eigenvalue weighted by Crippen LogP contribution is -2.70. The molecule has 216 valence electrons. The standard InChI is InChI=1S/C30H42O9/c1-15-19-9-10-20-28(6)21(27(5,25(33)35-8)12-11-22(28)36-17(3)31)13-23(38-26(34)29(7)16(2)39-29)30(20,14-19)24(15)37-18(4)32/h16,19-24H,1,9-14H2,2-8H3/t16-,19-,20+,21?,22-,23+,24-,27-,28+,29-,30-/m1/s1. The van der Waals surface area contributed by atoms with Crippen LogP contribution in [0.15, 0.2) is 12.2 Å². The molecular formula is C30H42O9. The zero-order chi connectivity index (χ0) is 28.7. The molecule has 9 heteroatoms.